The normalized spacial score (nSPS) is 11.7. The van der Waals surface area contributed by atoms with Gasteiger partial charge in [0.15, 0.2) is 5.82 Å². The summed E-state index contributed by atoms with van der Waals surface area (Å²) in [6, 6.07) is 14.7. The van der Waals surface area contributed by atoms with Gasteiger partial charge < -0.3 is 14.8 Å². The average Bonchev–Trinajstić information content (AvgIpc) is 3.17. The van der Waals surface area contributed by atoms with Gasteiger partial charge in [0.05, 0.1) is 19.5 Å². The molecule has 3 aromatic rings. The van der Waals surface area contributed by atoms with E-state index in [2.05, 4.69) is 20.5 Å². The number of anilines is 1. The maximum Gasteiger partial charge on any atom is 0.237 e. The lowest BCUT2D eigenvalue weighted by atomic mass is 10.2. The summed E-state index contributed by atoms with van der Waals surface area (Å²) in [5, 5.41) is 10.1. The highest BCUT2D eigenvalue weighted by Crippen LogP contribution is 2.25. The van der Waals surface area contributed by atoms with Gasteiger partial charge in [-0.3, -0.25) is 9.89 Å². The first-order valence-electron chi connectivity index (χ1n) is 8.27. The number of thioether (sulfide) groups is 1. The summed E-state index contributed by atoms with van der Waals surface area (Å²) < 4.78 is 10.3. The number of hydrogen-bond donors (Lipinski definition) is 2. The topological polar surface area (TPSA) is 89.1 Å². The van der Waals surface area contributed by atoms with Gasteiger partial charge in [-0.25, -0.2) is 4.98 Å². The molecule has 2 N–H and O–H groups in total. The predicted molar refractivity (Wildman–Crippen MR) is 105 cm³/mol. The lowest BCUT2D eigenvalue weighted by Crippen LogP contribution is -2.22. The Hall–Kier alpha value is -3.00. The number of carbonyl (C=O) groups excluding carboxylic acids is 1. The molecule has 27 heavy (non-hydrogen) atoms. The van der Waals surface area contributed by atoms with Crippen LogP contribution in [0.3, 0.4) is 0 Å². The molecule has 0 saturated heterocycles. The van der Waals surface area contributed by atoms with E-state index in [9.17, 15) is 4.79 Å². The molecule has 1 heterocycles. The first kappa shape index (κ1) is 18.8. The molecule has 1 atom stereocenters. The van der Waals surface area contributed by atoms with E-state index in [1.165, 1.54) is 11.8 Å². The van der Waals surface area contributed by atoms with Gasteiger partial charge in [-0.1, -0.05) is 11.8 Å². The van der Waals surface area contributed by atoms with Crippen LogP contribution in [0.25, 0.3) is 11.4 Å². The number of nitrogens with one attached hydrogen (secondary N) is 2. The van der Waals surface area contributed by atoms with Gasteiger partial charge in [-0.2, -0.15) is 0 Å². The van der Waals surface area contributed by atoms with Crippen molar-refractivity contribution in [2.24, 2.45) is 0 Å². The van der Waals surface area contributed by atoms with Crippen LogP contribution in [-0.2, 0) is 4.79 Å². The summed E-state index contributed by atoms with van der Waals surface area (Å²) >= 11 is 1.29. The number of ether oxygens (including phenoxy) is 2. The Kier molecular flexibility index (Phi) is 5.97. The Balaban J connectivity index is 1.60. The Labute approximate surface area is 161 Å². The second-order valence-electron chi connectivity index (χ2n) is 5.67. The lowest BCUT2D eigenvalue weighted by molar-refractivity contribution is -0.115. The van der Waals surface area contributed by atoms with E-state index in [1.807, 2.05) is 31.2 Å². The number of amides is 1. The van der Waals surface area contributed by atoms with Gasteiger partial charge >= 0.3 is 0 Å². The monoisotopic (exact) mass is 384 g/mol. The van der Waals surface area contributed by atoms with Crippen LogP contribution in [0.2, 0.25) is 0 Å². The number of methoxy groups -OCH3 is 2. The summed E-state index contributed by atoms with van der Waals surface area (Å²) in [5.74, 6) is 2.03. The SMILES string of the molecule is COc1ccc(NC(=O)[C@H](C)Sc2n[nH]c(-c3ccc(OC)cc3)n2)cc1. The van der Waals surface area contributed by atoms with Crippen LogP contribution in [0.4, 0.5) is 5.69 Å². The molecule has 2 aromatic carbocycles. The zero-order valence-corrected chi connectivity index (χ0v) is 16.0. The molecule has 1 aromatic heterocycles. The lowest BCUT2D eigenvalue weighted by Gasteiger charge is -2.10. The van der Waals surface area contributed by atoms with Gasteiger partial charge in [-0.15, -0.1) is 5.10 Å². The van der Waals surface area contributed by atoms with Gasteiger partial charge in [0.2, 0.25) is 11.1 Å². The fourth-order valence-corrected chi connectivity index (χ4v) is 3.03. The Morgan fingerprint density at radius 1 is 1.04 bits per heavy atom. The third-order valence-corrected chi connectivity index (χ3v) is 4.80. The van der Waals surface area contributed by atoms with Crippen molar-refractivity contribution in [3.8, 4) is 22.9 Å². The molecule has 0 fully saturated rings. The number of carbonyl (C=O) groups is 1. The summed E-state index contributed by atoms with van der Waals surface area (Å²) in [6.07, 6.45) is 0. The second kappa shape index (κ2) is 8.59. The molecule has 0 aliphatic carbocycles. The fraction of sp³-hybridized carbons (Fsp3) is 0.211. The summed E-state index contributed by atoms with van der Waals surface area (Å²) in [5.41, 5.74) is 1.60. The van der Waals surface area contributed by atoms with E-state index in [0.29, 0.717) is 16.7 Å². The second-order valence-corrected chi connectivity index (χ2v) is 6.98. The van der Waals surface area contributed by atoms with E-state index in [4.69, 9.17) is 9.47 Å². The third kappa shape index (κ3) is 4.79. The highest BCUT2D eigenvalue weighted by molar-refractivity contribution is 8.00. The third-order valence-electron chi connectivity index (χ3n) is 3.84. The minimum absolute atomic E-state index is 0.124. The maximum absolute atomic E-state index is 12.4. The van der Waals surface area contributed by atoms with Crippen LogP contribution in [0, 0.1) is 0 Å². The summed E-state index contributed by atoms with van der Waals surface area (Å²) in [6.45, 7) is 1.81. The highest BCUT2D eigenvalue weighted by Gasteiger charge is 2.17. The maximum atomic E-state index is 12.4. The van der Waals surface area contributed by atoms with Crippen LogP contribution < -0.4 is 14.8 Å². The molecule has 3 rings (SSSR count). The molecule has 1 amide bonds. The quantitative estimate of drug-likeness (QED) is 0.605. The van der Waals surface area contributed by atoms with Crippen molar-refractivity contribution in [3.63, 3.8) is 0 Å². The number of aromatic nitrogens is 3. The van der Waals surface area contributed by atoms with E-state index < -0.39 is 0 Å². The Bertz CT molecular complexity index is 894. The smallest absolute Gasteiger partial charge is 0.237 e. The zero-order valence-electron chi connectivity index (χ0n) is 15.2. The molecule has 0 bridgehead atoms. The van der Waals surface area contributed by atoms with Crippen molar-refractivity contribution in [3.05, 3.63) is 48.5 Å². The highest BCUT2D eigenvalue weighted by atomic mass is 32.2. The van der Waals surface area contributed by atoms with E-state index >= 15 is 0 Å². The fourth-order valence-electron chi connectivity index (χ4n) is 2.31. The Morgan fingerprint density at radius 3 is 2.22 bits per heavy atom. The molecule has 0 saturated carbocycles. The number of aromatic amines is 1. The van der Waals surface area contributed by atoms with Gasteiger partial charge in [0.1, 0.15) is 11.5 Å². The minimum Gasteiger partial charge on any atom is -0.497 e. The number of nitrogens with zero attached hydrogens (tertiary/aromatic N) is 2. The Morgan fingerprint density at radius 2 is 1.63 bits per heavy atom. The van der Waals surface area contributed by atoms with E-state index in [-0.39, 0.29) is 11.2 Å². The molecule has 0 unspecified atom stereocenters. The van der Waals surface area contributed by atoms with Crippen LogP contribution >= 0.6 is 11.8 Å². The molecule has 0 radical (unpaired) electrons. The largest absolute Gasteiger partial charge is 0.497 e. The number of H-pyrrole nitrogens is 1. The van der Waals surface area contributed by atoms with Crippen molar-refractivity contribution in [1.29, 1.82) is 0 Å². The van der Waals surface area contributed by atoms with Crippen LogP contribution in [0.1, 0.15) is 6.92 Å². The molecular formula is C19H20N4O3S. The van der Waals surface area contributed by atoms with Crippen LogP contribution in [0.5, 0.6) is 11.5 Å². The number of benzene rings is 2. The van der Waals surface area contributed by atoms with Crippen molar-refractivity contribution < 1.29 is 14.3 Å². The standard InChI is InChI=1S/C19H20N4O3S/c1-12(18(24)20-14-6-10-16(26-3)11-7-14)27-19-21-17(22-23-19)13-4-8-15(25-2)9-5-13/h4-12H,1-3H3,(H,20,24)(H,21,22,23)/t12-/m0/s1. The predicted octanol–water partition coefficient (Wildman–Crippen LogP) is 3.61. The van der Waals surface area contributed by atoms with Crippen molar-refractivity contribution in [1.82, 2.24) is 15.2 Å². The van der Waals surface area contributed by atoms with Crippen molar-refractivity contribution in [2.75, 3.05) is 19.5 Å². The van der Waals surface area contributed by atoms with Crippen LogP contribution in [-0.4, -0.2) is 40.6 Å². The number of hydrogen-bond acceptors (Lipinski definition) is 6. The van der Waals surface area contributed by atoms with Crippen molar-refractivity contribution in [2.45, 2.75) is 17.3 Å². The molecule has 140 valence electrons. The first-order valence-corrected chi connectivity index (χ1v) is 9.15. The summed E-state index contributed by atoms with van der Waals surface area (Å²) in [4.78, 5) is 16.8. The molecule has 0 aliphatic heterocycles. The van der Waals surface area contributed by atoms with Gasteiger partial charge in [0.25, 0.3) is 0 Å². The van der Waals surface area contributed by atoms with E-state index in [0.717, 1.165) is 17.1 Å². The van der Waals surface area contributed by atoms with Crippen LogP contribution in [0.15, 0.2) is 53.7 Å². The molecular weight excluding hydrogens is 364 g/mol. The minimum atomic E-state index is -0.355. The first-order chi connectivity index (χ1) is 13.1. The zero-order chi connectivity index (χ0) is 19.2. The van der Waals surface area contributed by atoms with E-state index in [1.54, 1.807) is 38.5 Å². The van der Waals surface area contributed by atoms with Crippen molar-refractivity contribution >= 4 is 23.4 Å². The molecule has 8 heteroatoms. The van der Waals surface area contributed by atoms with Gasteiger partial charge in [-0.05, 0) is 55.5 Å². The molecule has 0 spiro atoms. The number of rotatable bonds is 7. The van der Waals surface area contributed by atoms with Gasteiger partial charge in [0, 0.05) is 11.3 Å². The molecule has 7 nitrogen and oxygen atoms in total. The molecule has 0 aliphatic rings. The average molecular weight is 384 g/mol. The summed E-state index contributed by atoms with van der Waals surface area (Å²) in [7, 11) is 3.22.